The van der Waals surface area contributed by atoms with Crippen molar-refractivity contribution in [2.45, 2.75) is 46.5 Å². The lowest BCUT2D eigenvalue weighted by molar-refractivity contribution is 0.0952. The monoisotopic (exact) mass is 344 g/mol. The van der Waals surface area contributed by atoms with Crippen LogP contribution in [0.3, 0.4) is 0 Å². The van der Waals surface area contributed by atoms with Gasteiger partial charge in [0.05, 0.1) is 11.8 Å². The highest BCUT2D eigenvalue weighted by Gasteiger charge is 2.19. The van der Waals surface area contributed by atoms with Gasteiger partial charge in [-0.3, -0.25) is 4.79 Å². The molecule has 0 aliphatic carbocycles. The molecule has 0 bridgehead atoms. The van der Waals surface area contributed by atoms with Gasteiger partial charge in [-0.05, 0) is 53.0 Å². The molecule has 128 valence electrons. The lowest BCUT2D eigenvalue weighted by Gasteiger charge is -2.16. The van der Waals surface area contributed by atoms with Gasteiger partial charge >= 0.3 is 0 Å². The first kappa shape index (κ1) is 18.2. The highest BCUT2D eigenvalue weighted by atomic mass is 32.1. The normalized spacial score (nSPS) is 11.6. The largest absolute Gasteiger partial charge is 0.507 e. The SMILES string of the molecule is Cc1ccsc1/C=N/NC(=O)c1cc(C(C)C)cc(C(C)C)c1O. The van der Waals surface area contributed by atoms with Gasteiger partial charge in [0.15, 0.2) is 0 Å². The van der Waals surface area contributed by atoms with E-state index < -0.39 is 5.91 Å². The van der Waals surface area contributed by atoms with Crippen molar-refractivity contribution in [1.29, 1.82) is 0 Å². The average molecular weight is 344 g/mol. The molecule has 2 N–H and O–H groups in total. The number of carbonyl (C=O) groups is 1. The first-order valence-corrected chi connectivity index (χ1v) is 8.93. The molecule has 1 heterocycles. The van der Waals surface area contributed by atoms with Gasteiger partial charge in [-0.2, -0.15) is 5.10 Å². The highest BCUT2D eigenvalue weighted by molar-refractivity contribution is 7.11. The molecule has 0 fully saturated rings. The summed E-state index contributed by atoms with van der Waals surface area (Å²) in [5, 5.41) is 16.4. The minimum atomic E-state index is -0.401. The molecule has 0 atom stereocenters. The van der Waals surface area contributed by atoms with Crippen molar-refractivity contribution >= 4 is 23.5 Å². The third-order valence-corrected chi connectivity index (χ3v) is 4.90. The molecule has 0 spiro atoms. The Morgan fingerprint density at radius 3 is 2.50 bits per heavy atom. The molecule has 0 unspecified atom stereocenters. The molecule has 1 aromatic carbocycles. The zero-order valence-corrected chi connectivity index (χ0v) is 15.6. The fourth-order valence-corrected chi connectivity index (χ4v) is 3.14. The molecule has 0 saturated carbocycles. The van der Waals surface area contributed by atoms with E-state index in [1.807, 2.05) is 38.3 Å². The van der Waals surface area contributed by atoms with Crippen molar-refractivity contribution < 1.29 is 9.90 Å². The van der Waals surface area contributed by atoms with Gasteiger partial charge in [-0.1, -0.05) is 33.8 Å². The van der Waals surface area contributed by atoms with E-state index in [2.05, 4.69) is 24.4 Å². The second kappa shape index (κ2) is 7.62. The Balaban J connectivity index is 2.28. The molecule has 0 saturated heterocycles. The standard InChI is InChI=1S/C19H24N2O2S/c1-11(2)14-8-15(12(3)4)18(22)16(9-14)19(23)21-20-10-17-13(5)6-7-24-17/h6-12,22H,1-5H3,(H,21,23)/b20-10+. The van der Waals surface area contributed by atoms with E-state index in [9.17, 15) is 9.90 Å². The van der Waals surface area contributed by atoms with E-state index in [4.69, 9.17) is 0 Å². The molecule has 0 aliphatic rings. The number of rotatable bonds is 5. The topological polar surface area (TPSA) is 61.7 Å². The van der Waals surface area contributed by atoms with Crippen molar-refractivity contribution in [1.82, 2.24) is 5.43 Å². The summed E-state index contributed by atoms with van der Waals surface area (Å²) in [4.78, 5) is 13.4. The van der Waals surface area contributed by atoms with Crippen molar-refractivity contribution in [2.75, 3.05) is 0 Å². The third kappa shape index (κ3) is 4.03. The third-order valence-electron chi connectivity index (χ3n) is 3.94. The van der Waals surface area contributed by atoms with Gasteiger partial charge in [-0.25, -0.2) is 5.43 Å². The van der Waals surface area contributed by atoms with Crippen LogP contribution in [0.15, 0.2) is 28.7 Å². The molecule has 2 aromatic rings. The van der Waals surface area contributed by atoms with E-state index in [0.717, 1.165) is 21.6 Å². The minimum Gasteiger partial charge on any atom is -0.507 e. The fourth-order valence-electron chi connectivity index (χ4n) is 2.35. The molecular weight excluding hydrogens is 320 g/mol. The van der Waals surface area contributed by atoms with Gasteiger partial charge in [0, 0.05) is 4.88 Å². The summed E-state index contributed by atoms with van der Waals surface area (Å²) in [6.45, 7) is 10.1. The molecule has 2 rings (SSSR count). The Kier molecular flexibility index (Phi) is 5.78. The molecule has 0 aliphatic heterocycles. The van der Waals surface area contributed by atoms with Gasteiger partial charge in [0.1, 0.15) is 5.75 Å². The van der Waals surface area contributed by atoms with Crippen LogP contribution in [0.4, 0.5) is 0 Å². The number of aromatic hydroxyl groups is 1. The smallest absolute Gasteiger partial charge is 0.275 e. The Hall–Kier alpha value is -2.14. The van der Waals surface area contributed by atoms with Crippen LogP contribution in [-0.2, 0) is 0 Å². The van der Waals surface area contributed by atoms with Crippen LogP contribution in [0, 0.1) is 6.92 Å². The van der Waals surface area contributed by atoms with Crippen LogP contribution in [0.2, 0.25) is 0 Å². The van der Waals surface area contributed by atoms with Crippen LogP contribution in [0.5, 0.6) is 5.75 Å². The van der Waals surface area contributed by atoms with Gasteiger partial charge in [0.2, 0.25) is 0 Å². The summed E-state index contributed by atoms with van der Waals surface area (Å²) in [6.07, 6.45) is 1.63. The molecular formula is C19H24N2O2S. The summed E-state index contributed by atoms with van der Waals surface area (Å²) in [7, 11) is 0. The molecule has 24 heavy (non-hydrogen) atoms. The van der Waals surface area contributed by atoms with E-state index in [1.165, 1.54) is 0 Å². The number of aryl methyl sites for hydroxylation is 1. The van der Waals surface area contributed by atoms with Crippen molar-refractivity contribution in [3.05, 3.63) is 50.7 Å². The van der Waals surface area contributed by atoms with Crippen LogP contribution in [0.1, 0.15) is 71.5 Å². The summed E-state index contributed by atoms with van der Waals surface area (Å²) >= 11 is 1.56. The van der Waals surface area contributed by atoms with E-state index in [0.29, 0.717) is 0 Å². The minimum absolute atomic E-state index is 0.0365. The van der Waals surface area contributed by atoms with Crippen LogP contribution >= 0.6 is 11.3 Å². The van der Waals surface area contributed by atoms with E-state index >= 15 is 0 Å². The number of nitrogens with zero attached hydrogens (tertiary/aromatic N) is 1. The van der Waals surface area contributed by atoms with Crippen molar-refractivity contribution in [3.63, 3.8) is 0 Å². The Morgan fingerprint density at radius 1 is 1.25 bits per heavy atom. The van der Waals surface area contributed by atoms with Gasteiger partial charge in [-0.15, -0.1) is 11.3 Å². The number of hydrogen-bond donors (Lipinski definition) is 2. The lowest BCUT2D eigenvalue weighted by Crippen LogP contribution is -2.18. The van der Waals surface area contributed by atoms with E-state index in [-0.39, 0.29) is 23.1 Å². The fraction of sp³-hybridized carbons (Fsp3) is 0.368. The predicted molar refractivity (Wildman–Crippen MR) is 100 cm³/mol. The molecule has 5 heteroatoms. The maximum absolute atomic E-state index is 12.4. The Morgan fingerprint density at radius 2 is 1.96 bits per heavy atom. The Labute approximate surface area is 147 Å². The second-order valence-electron chi connectivity index (χ2n) is 6.48. The number of nitrogens with one attached hydrogen (secondary N) is 1. The first-order chi connectivity index (χ1) is 11.3. The quantitative estimate of drug-likeness (QED) is 0.606. The summed E-state index contributed by atoms with van der Waals surface area (Å²) < 4.78 is 0. The van der Waals surface area contributed by atoms with Crippen LogP contribution in [-0.4, -0.2) is 17.2 Å². The number of carbonyl (C=O) groups excluding carboxylic acids is 1. The molecule has 0 radical (unpaired) electrons. The first-order valence-electron chi connectivity index (χ1n) is 8.05. The number of phenolic OH excluding ortho intramolecular Hbond substituents is 1. The van der Waals surface area contributed by atoms with Crippen LogP contribution in [0.25, 0.3) is 0 Å². The molecule has 4 nitrogen and oxygen atoms in total. The second-order valence-corrected chi connectivity index (χ2v) is 7.43. The number of hydrogen-bond acceptors (Lipinski definition) is 4. The van der Waals surface area contributed by atoms with Crippen molar-refractivity contribution in [2.24, 2.45) is 5.10 Å². The number of thiophene rings is 1. The summed E-state index contributed by atoms with van der Waals surface area (Å²) in [6, 6.07) is 5.72. The number of phenols is 1. The zero-order valence-electron chi connectivity index (χ0n) is 14.8. The average Bonchev–Trinajstić information content (AvgIpc) is 2.92. The number of amides is 1. The van der Waals surface area contributed by atoms with Crippen LogP contribution < -0.4 is 5.43 Å². The van der Waals surface area contributed by atoms with E-state index in [1.54, 1.807) is 23.6 Å². The van der Waals surface area contributed by atoms with Crippen molar-refractivity contribution in [3.8, 4) is 5.75 Å². The van der Waals surface area contributed by atoms with Gasteiger partial charge < -0.3 is 5.11 Å². The maximum atomic E-state index is 12.4. The lowest BCUT2D eigenvalue weighted by atomic mass is 9.92. The predicted octanol–water partition coefficient (Wildman–Crippen LogP) is 4.77. The molecule has 1 aromatic heterocycles. The highest BCUT2D eigenvalue weighted by Crippen LogP contribution is 2.33. The summed E-state index contributed by atoms with van der Waals surface area (Å²) in [5.41, 5.74) is 5.71. The summed E-state index contributed by atoms with van der Waals surface area (Å²) in [5.74, 6) is 0.0382. The number of benzene rings is 1. The van der Waals surface area contributed by atoms with Gasteiger partial charge in [0.25, 0.3) is 5.91 Å². The maximum Gasteiger partial charge on any atom is 0.275 e. The zero-order chi connectivity index (χ0) is 17.9. The number of hydrazone groups is 1. The Bertz CT molecular complexity index is 761. The molecule has 1 amide bonds.